The molecule has 0 aromatic heterocycles. The van der Waals surface area contributed by atoms with Crippen LogP contribution in [0.1, 0.15) is 39.2 Å². The minimum Gasteiger partial charge on any atom is -0.399 e. The Bertz CT molecular complexity index is 401. The van der Waals surface area contributed by atoms with Crippen molar-refractivity contribution in [2.45, 2.75) is 46.2 Å². The maximum absolute atomic E-state index is 12.3. The number of hydrogen-bond donors (Lipinski definition) is 1. The second-order valence-electron chi connectivity index (χ2n) is 5.16. The van der Waals surface area contributed by atoms with Crippen LogP contribution in [0.25, 0.3) is 0 Å². The summed E-state index contributed by atoms with van der Waals surface area (Å²) in [7, 11) is 0. The van der Waals surface area contributed by atoms with Crippen LogP contribution in [-0.4, -0.2) is 30.1 Å². The fraction of sp³-hybridized carbons (Fsp3) is 0.562. The van der Waals surface area contributed by atoms with E-state index in [0.29, 0.717) is 26.2 Å². The van der Waals surface area contributed by atoms with Crippen molar-refractivity contribution >= 4 is 11.6 Å². The van der Waals surface area contributed by atoms with Crippen molar-refractivity contribution in [3.05, 3.63) is 29.8 Å². The summed E-state index contributed by atoms with van der Waals surface area (Å²) in [5.41, 5.74) is 7.52. The predicted octanol–water partition coefficient (Wildman–Crippen LogP) is 2.82. The Morgan fingerprint density at radius 3 is 2.50 bits per heavy atom. The summed E-state index contributed by atoms with van der Waals surface area (Å²) in [6.45, 7) is 8.02. The molecule has 0 aliphatic rings. The molecule has 0 atom stereocenters. The zero-order valence-electron chi connectivity index (χ0n) is 12.8. The zero-order chi connectivity index (χ0) is 15.0. The molecule has 4 nitrogen and oxygen atoms in total. The summed E-state index contributed by atoms with van der Waals surface area (Å²) >= 11 is 0. The van der Waals surface area contributed by atoms with Crippen LogP contribution in [0.4, 0.5) is 5.69 Å². The number of rotatable bonds is 8. The lowest BCUT2D eigenvalue weighted by Crippen LogP contribution is -2.36. The number of amides is 1. The van der Waals surface area contributed by atoms with Gasteiger partial charge >= 0.3 is 0 Å². The molecular weight excluding hydrogens is 252 g/mol. The molecule has 0 aliphatic carbocycles. The van der Waals surface area contributed by atoms with Crippen LogP contribution >= 0.6 is 0 Å². The topological polar surface area (TPSA) is 55.6 Å². The number of hydrogen-bond acceptors (Lipinski definition) is 3. The molecule has 0 saturated heterocycles. The molecule has 0 spiro atoms. The maximum atomic E-state index is 12.3. The van der Waals surface area contributed by atoms with Crippen LogP contribution in [0.5, 0.6) is 0 Å². The van der Waals surface area contributed by atoms with Crippen molar-refractivity contribution < 1.29 is 9.53 Å². The number of nitrogens with zero attached hydrogens (tertiary/aromatic N) is 1. The third-order valence-electron chi connectivity index (χ3n) is 3.16. The number of nitrogens with two attached hydrogens (primary N) is 1. The minimum absolute atomic E-state index is 0.177. The molecule has 2 N–H and O–H groups in total. The lowest BCUT2D eigenvalue weighted by Gasteiger charge is -2.27. The van der Waals surface area contributed by atoms with Gasteiger partial charge in [-0.2, -0.15) is 0 Å². The first kappa shape index (κ1) is 16.5. The number of anilines is 1. The van der Waals surface area contributed by atoms with E-state index in [2.05, 4.69) is 0 Å². The number of carbonyl (C=O) groups is 1. The van der Waals surface area contributed by atoms with Crippen molar-refractivity contribution in [1.82, 2.24) is 4.90 Å². The quantitative estimate of drug-likeness (QED) is 0.587. The summed E-state index contributed by atoms with van der Waals surface area (Å²) in [6, 6.07) is 7.86. The minimum atomic E-state index is 0.177. The molecule has 20 heavy (non-hydrogen) atoms. The Morgan fingerprint density at radius 1 is 1.30 bits per heavy atom. The average molecular weight is 278 g/mol. The molecule has 4 heteroatoms. The molecule has 1 rings (SSSR count). The molecular formula is C16H26N2O2. The third kappa shape index (κ3) is 5.61. The smallest absolute Gasteiger partial charge is 0.223 e. The monoisotopic (exact) mass is 278 g/mol. The largest absolute Gasteiger partial charge is 0.399 e. The molecule has 0 radical (unpaired) electrons. The summed E-state index contributed by atoms with van der Waals surface area (Å²) in [4.78, 5) is 14.2. The third-order valence-corrected chi connectivity index (χ3v) is 3.16. The van der Waals surface area contributed by atoms with Crippen molar-refractivity contribution in [3.63, 3.8) is 0 Å². The molecule has 0 bridgehead atoms. The van der Waals surface area contributed by atoms with Gasteiger partial charge in [0, 0.05) is 37.9 Å². The predicted molar refractivity (Wildman–Crippen MR) is 82.3 cm³/mol. The Morgan fingerprint density at radius 2 is 1.95 bits per heavy atom. The highest BCUT2D eigenvalue weighted by atomic mass is 16.5. The van der Waals surface area contributed by atoms with Crippen molar-refractivity contribution in [1.29, 1.82) is 0 Å². The van der Waals surface area contributed by atoms with E-state index in [1.165, 1.54) is 0 Å². The van der Waals surface area contributed by atoms with Crippen LogP contribution in [-0.2, 0) is 16.1 Å². The normalized spacial score (nSPS) is 10.8. The molecule has 0 heterocycles. The highest BCUT2D eigenvalue weighted by Gasteiger charge is 2.16. The number of ether oxygens (including phenoxy) is 1. The van der Waals surface area contributed by atoms with Crippen LogP contribution in [0, 0.1) is 0 Å². The Labute approximate surface area is 121 Å². The molecule has 0 fully saturated rings. The number of nitrogen functional groups attached to an aromatic ring is 1. The molecule has 0 unspecified atom stereocenters. The van der Waals surface area contributed by atoms with E-state index in [1.54, 1.807) is 0 Å². The van der Waals surface area contributed by atoms with Gasteiger partial charge in [-0.3, -0.25) is 4.79 Å². The van der Waals surface area contributed by atoms with Crippen molar-refractivity contribution in [3.8, 4) is 0 Å². The summed E-state index contributed by atoms with van der Waals surface area (Å²) in [5.74, 6) is 0.177. The standard InChI is InChI=1S/C16H26N2O2/c1-4-20-11-5-6-16(19)18(13(2)3)12-14-7-9-15(17)10-8-14/h7-10,13H,4-6,11-12,17H2,1-3H3. The van der Waals surface area contributed by atoms with Gasteiger partial charge in [-0.05, 0) is 44.9 Å². The van der Waals surface area contributed by atoms with E-state index in [-0.39, 0.29) is 11.9 Å². The first-order valence-corrected chi connectivity index (χ1v) is 7.26. The molecule has 0 saturated carbocycles. The second kappa shape index (κ2) is 8.59. The fourth-order valence-electron chi connectivity index (χ4n) is 1.99. The van der Waals surface area contributed by atoms with Crippen molar-refractivity contribution in [2.24, 2.45) is 0 Å². The van der Waals surface area contributed by atoms with Gasteiger partial charge in [0.1, 0.15) is 0 Å². The highest BCUT2D eigenvalue weighted by Crippen LogP contribution is 2.13. The van der Waals surface area contributed by atoms with Crippen LogP contribution in [0.3, 0.4) is 0 Å². The summed E-state index contributed by atoms with van der Waals surface area (Å²) in [6.07, 6.45) is 1.31. The zero-order valence-corrected chi connectivity index (χ0v) is 12.8. The number of benzene rings is 1. The lowest BCUT2D eigenvalue weighted by atomic mass is 10.1. The molecule has 1 amide bonds. The van der Waals surface area contributed by atoms with Gasteiger partial charge in [-0.1, -0.05) is 12.1 Å². The van der Waals surface area contributed by atoms with Gasteiger partial charge in [0.15, 0.2) is 0 Å². The van der Waals surface area contributed by atoms with Gasteiger partial charge in [-0.25, -0.2) is 0 Å². The van der Waals surface area contributed by atoms with Gasteiger partial charge in [0.25, 0.3) is 0 Å². The first-order chi connectivity index (χ1) is 9.54. The summed E-state index contributed by atoms with van der Waals surface area (Å²) in [5, 5.41) is 0. The van der Waals surface area contributed by atoms with Crippen molar-refractivity contribution in [2.75, 3.05) is 18.9 Å². The summed E-state index contributed by atoms with van der Waals surface area (Å²) < 4.78 is 5.27. The molecule has 1 aromatic rings. The van der Waals surface area contributed by atoms with E-state index < -0.39 is 0 Å². The van der Waals surface area contributed by atoms with E-state index in [1.807, 2.05) is 49.9 Å². The Hall–Kier alpha value is -1.55. The Balaban J connectivity index is 2.55. The average Bonchev–Trinajstić information content (AvgIpc) is 2.42. The van der Waals surface area contributed by atoms with Gasteiger partial charge in [0.05, 0.1) is 0 Å². The van der Waals surface area contributed by atoms with Crippen LogP contribution in [0.2, 0.25) is 0 Å². The van der Waals surface area contributed by atoms with Crippen LogP contribution in [0.15, 0.2) is 24.3 Å². The van der Waals surface area contributed by atoms with E-state index in [0.717, 1.165) is 17.7 Å². The SMILES string of the molecule is CCOCCCC(=O)N(Cc1ccc(N)cc1)C(C)C. The molecule has 112 valence electrons. The second-order valence-corrected chi connectivity index (χ2v) is 5.16. The van der Waals surface area contributed by atoms with Crippen LogP contribution < -0.4 is 5.73 Å². The Kier molecular flexibility index (Phi) is 7.09. The molecule has 0 aliphatic heterocycles. The van der Waals surface area contributed by atoms with E-state index in [4.69, 9.17) is 10.5 Å². The molecule has 1 aromatic carbocycles. The van der Waals surface area contributed by atoms with E-state index >= 15 is 0 Å². The maximum Gasteiger partial charge on any atom is 0.223 e. The van der Waals surface area contributed by atoms with Gasteiger partial charge in [0.2, 0.25) is 5.91 Å². The first-order valence-electron chi connectivity index (χ1n) is 7.26. The van der Waals surface area contributed by atoms with Gasteiger partial charge < -0.3 is 15.4 Å². The van der Waals surface area contributed by atoms with Gasteiger partial charge in [-0.15, -0.1) is 0 Å². The van der Waals surface area contributed by atoms with E-state index in [9.17, 15) is 4.79 Å². The lowest BCUT2D eigenvalue weighted by molar-refractivity contribution is -0.133. The number of carbonyl (C=O) groups excluding carboxylic acids is 1. The fourth-order valence-corrected chi connectivity index (χ4v) is 1.99. The highest BCUT2D eigenvalue weighted by molar-refractivity contribution is 5.76.